The van der Waals surface area contributed by atoms with Crippen molar-refractivity contribution < 1.29 is 32.6 Å². The molecule has 1 amide bonds. The van der Waals surface area contributed by atoms with Crippen LogP contribution in [0.5, 0.6) is 5.75 Å². The Labute approximate surface area is 169 Å². The van der Waals surface area contributed by atoms with Gasteiger partial charge in [0.15, 0.2) is 0 Å². The number of nitrogens with zero attached hydrogens (tertiary/aromatic N) is 1. The number of hydrogen-bond donors (Lipinski definition) is 1. The Morgan fingerprint density at radius 3 is 1.93 bits per heavy atom. The smallest absolute Gasteiger partial charge is 0.474 e. The van der Waals surface area contributed by atoms with Gasteiger partial charge in [-0.05, 0) is 41.0 Å². The van der Waals surface area contributed by atoms with E-state index in [9.17, 15) is 22.8 Å². The van der Waals surface area contributed by atoms with Gasteiger partial charge < -0.3 is 9.84 Å². The molecule has 0 aliphatic rings. The van der Waals surface area contributed by atoms with Gasteiger partial charge in [0, 0.05) is 5.69 Å². The summed E-state index contributed by atoms with van der Waals surface area (Å²) in [6.07, 6.45) is -4.81. The van der Waals surface area contributed by atoms with E-state index in [4.69, 9.17) is 5.11 Å². The number of amides is 1. The van der Waals surface area contributed by atoms with Crippen LogP contribution in [0, 0.1) is 0 Å². The van der Waals surface area contributed by atoms with E-state index >= 15 is 0 Å². The summed E-state index contributed by atoms with van der Waals surface area (Å²) in [6, 6.07) is 21.1. The number of carbonyl (C=O) groups is 2. The predicted molar refractivity (Wildman–Crippen MR) is 104 cm³/mol. The topological polar surface area (TPSA) is 66.8 Å². The van der Waals surface area contributed by atoms with E-state index in [0.29, 0.717) is 11.3 Å². The molecular formula is C22H16F3NO4. The number of carboxylic acids is 1. The van der Waals surface area contributed by atoms with Crippen molar-refractivity contribution in [1.29, 1.82) is 0 Å². The Bertz CT molecular complexity index is 1020. The molecule has 0 fully saturated rings. The van der Waals surface area contributed by atoms with Crippen molar-refractivity contribution >= 4 is 17.6 Å². The molecule has 3 aromatic carbocycles. The number of aliphatic carboxylic acids is 1. The molecule has 0 saturated carbocycles. The molecule has 0 aliphatic carbocycles. The van der Waals surface area contributed by atoms with Crippen molar-refractivity contribution in [2.45, 2.75) is 12.9 Å². The first kappa shape index (κ1) is 20.9. The van der Waals surface area contributed by atoms with Crippen molar-refractivity contribution in [2.75, 3.05) is 4.90 Å². The molecule has 0 heterocycles. The Kier molecular flexibility index (Phi) is 6.06. The van der Waals surface area contributed by atoms with Crippen molar-refractivity contribution in [1.82, 2.24) is 0 Å². The molecule has 0 aromatic heterocycles. The van der Waals surface area contributed by atoms with Crippen LogP contribution in [-0.4, -0.2) is 23.3 Å². The Hall–Kier alpha value is -3.81. The molecule has 8 heteroatoms. The van der Waals surface area contributed by atoms with Crippen LogP contribution < -0.4 is 9.64 Å². The van der Waals surface area contributed by atoms with Gasteiger partial charge in [0.25, 0.3) is 0 Å². The van der Waals surface area contributed by atoms with Crippen LogP contribution in [0.25, 0.3) is 11.1 Å². The lowest BCUT2D eigenvalue weighted by atomic mass is 10.1. The normalized spacial score (nSPS) is 11.0. The van der Waals surface area contributed by atoms with Crippen molar-refractivity contribution in [2.24, 2.45) is 0 Å². The van der Waals surface area contributed by atoms with Crippen LogP contribution in [0.15, 0.2) is 78.9 Å². The molecule has 3 aromatic rings. The van der Waals surface area contributed by atoms with Crippen molar-refractivity contribution in [3.05, 3.63) is 84.4 Å². The third-order valence-corrected chi connectivity index (χ3v) is 4.21. The van der Waals surface area contributed by atoms with Gasteiger partial charge in [-0.15, -0.1) is 13.2 Å². The maximum atomic E-state index is 12.3. The number of carboxylic acid groups (broad SMARTS) is 1. The van der Waals surface area contributed by atoms with Gasteiger partial charge in [-0.1, -0.05) is 54.6 Å². The third-order valence-electron chi connectivity index (χ3n) is 4.21. The monoisotopic (exact) mass is 415 g/mol. The summed E-state index contributed by atoms with van der Waals surface area (Å²) < 4.78 is 40.7. The van der Waals surface area contributed by atoms with Crippen LogP contribution >= 0.6 is 0 Å². The second-order valence-corrected chi connectivity index (χ2v) is 6.30. The molecule has 0 bridgehead atoms. The number of ether oxygens (including phenoxy) is 1. The van der Waals surface area contributed by atoms with Gasteiger partial charge in [0.05, 0.1) is 6.54 Å². The standard InChI is InChI=1S/C22H16F3NO4/c23-22(24,25)30-19-12-6-15(7-13-19)14-26(20(27)21(28)29)18-10-8-17(9-11-18)16-4-2-1-3-5-16/h1-13H,14H2,(H,28,29). The highest BCUT2D eigenvalue weighted by Crippen LogP contribution is 2.26. The van der Waals surface area contributed by atoms with Gasteiger partial charge in [-0.2, -0.15) is 0 Å². The summed E-state index contributed by atoms with van der Waals surface area (Å²) in [5, 5.41) is 9.16. The highest BCUT2D eigenvalue weighted by molar-refractivity contribution is 6.37. The van der Waals surface area contributed by atoms with Gasteiger partial charge in [-0.3, -0.25) is 9.69 Å². The molecule has 154 valence electrons. The second kappa shape index (κ2) is 8.69. The molecule has 5 nitrogen and oxygen atoms in total. The minimum Gasteiger partial charge on any atom is -0.474 e. The lowest BCUT2D eigenvalue weighted by molar-refractivity contribution is -0.274. The number of anilines is 1. The van der Waals surface area contributed by atoms with Crippen molar-refractivity contribution in [3.63, 3.8) is 0 Å². The predicted octanol–water partition coefficient (Wildman–Crippen LogP) is 4.87. The van der Waals surface area contributed by atoms with Crippen LogP contribution in [0.1, 0.15) is 5.56 Å². The Morgan fingerprint density at radius 2 is 1.40 bits per heavy atom. The van der Waals surface area contributed by atoms with Crippen LogP contribution in [0.3, 0.4) is 0 Å². The molecule has 30 heavy (non-hydrogen) atoms. The molecule has 3 rings (SSSR count). The molecule has 0 aliphatic heterocycles. The first-order chi connectivity index (χ1) is 14.2. The van der Waals surface area contributed by atoms with E-state index in [-0.39, 0.29) is 6.54 Å². The largest absolute Gasteiger partial charge is 0.573 e. The fraction of sp³-hybridized carbons (Fsp3) is 0.0909. The minimum atomic E-state index is -4.81. The fourth-order valence-electron chi connectivity index (χ4n) is 2.84. The van der Waals surface area contributed by atoms with E-state index in [0.717, 1.165) is 28.2 Å². The number of carbonyl (C=O) groups excluding carboxylic acids is 1. The molecule has 0 saturated heterocycles. The third kappa shape index (κ3) is 5.38. The molecule has 0 spiro atoms. The zero-order valence-electron chi connectivity index (χ0n) is 15.5. The Morgan fingerprint density at radius 1 is 0.833 bits per heavy atom. The quantitative estimate of drug-likeness (QED) is 0.604. The van der Waals surface area contributed by atoms with E-state index < -0.39 is 24.0 Å². The van der Waals surface area contributed by atoms with Gasteiger partial charge in [0.1, 0.15) is 5.75 Å². The zero-order valence-corrected chi connectivity index (χ0v) is 15.5. The molecule has 0 atom stereocenters. The summed E-state index contributed by atoms with van der Waals surface area (Å²) in [5.74, 6) is -3.20. The molecule has 0 radical (unpaired) electrons. The Balaban J connectivity index is 1.83. The minimum absolute atomic E-state index is 0.137. The molecule has 0 unspecified atom stereocenters. The average molecular weight is 415 g/mol. The number of hydrogen-bond acceptors (Lipinski definition) is 3. The number of rotatable bonds is 5. The van der Waals surface area contributed by atoms with E-state index in [1.54, 1.807) is 24.3 Å². The van der Waals surface area contributed by atoms with E-state index in [1.807, 2.05) is 30.3 Å². The first-order valence-corrected chi connectivity index (χ1v) is 8.78. The van der Waals surface area contributed by atoms with E-state index in [1.165, 1.54) is 12.1 Å². The van der Waals surface area contributed by atoms with Crippen molar-refractivity contribution in [3.8, 4) is 16.9 Å². The average Bonchev–Trinajstić information content (AvgIpc) is 2.72. The lowest BCUT2D eigenvalue weighted by Crippen LogP contribution is -2.36. The van der Waals surface area contributed by atoms with Crippen LogP contribution in [0.4, 0.5) is 18.9 Å². The summed E-state index contributed by atoms with van der Waals surface area (Å²) in [6.45, 7) is -0.137. The highest BCUT2D eigenvalue weighted by atomic mass is 19.4. The van der Waals surface area contributed by atoms with Crippen LogP contribution in [0.2, 0.25) is 0 Å². The molecule has 1 N–H and O–H groups in total. The molecular weight excluding hydrogens is 399 g/mol. The maximum absolute atomic E-state index is 12.3. The van der Waals surface area contributed by atoms with Gasteiger partial charge in [0.2, 0.25) is 0 Å². The number of alkyl halides is 3. The SMILES string of the molecule is O=C(O)C(=O)N(Cc1ccc(OC(F)(F)F)cc1)c1ccc(-c2ccccc2)cc1. The number of benzene rings is 3. The highest BCUT2D eigenvalue weighted by Gasteiger charge is 2.31. The fourth-order valence-corrected chi connectivity index (χ4v) is 2.84. The lowest BCUT2D eigenvalue weighted by Gasteiger charge is -2.21. The summed E-state index contributed by atoms with van der Waals surface area (Å²) in [7, 11) is 0. The number of halogens is 3. The van der Waals surface area contributed by atoms with Crippen LogP contribution in [-0.2, 0) is 16.1 Å². The summed E-state index contributed by atoms with van der Waals surface area (Å²) in [5.41, 5.74) is 2.63. The summed E-state index contributed by atoms with van der Waals surface area (Å²) in [4.78, 5) is 24.5. The maximum Gasteiger partial charge on any atom is 0.573 e. The van der Waals surface area contributed by atoms with Gasteiger partial charge >= 0.3 is 18.2 Å². The van der Waals surface area contributed by atoms with Gasteiger partial charge in [-0.25, -0.2) is 4.79 Å². The summed E-state index contributed by atoms with van der Waals surface area (Å²) >= 11 is 0. The zero-order chi connectivity index (χ0) is 21.7. The first-order valence-electron chi connectivity index (χ1n) is 8.78. The second-order valence-electron chi connectivity index (χ2n) is 6.30. The van der Waals surface area contributed by atoms with E-state index in [2.05, 4.69) is 4.74 Å².